The van der Waals surface area contributed by atoms with Gasteiger partial charge in [-0.1, -0.05) is 0 Å². The van der Waals surface area contributed by atoms with Crippen LogP contribution >= 0.6 is 11.8 Å². The van der Waals surface area contributed by atoms with Crippen LogP contribution in [-0.2, 0) is 14.4 Å². The molecule has 0 aliphatic heterocycles. The Kier molecular flexibility index (Phi) is 7.36. The Hall–Kier alpha value is -1.24. The number of thioether (sulfide) groups is 1. The molecule has 6 nitrogen and oxygen atoms in total. The zero-order chi connectivity index (χ0) is 12.6. The van der Waals surface area contributed by atoms with E-state index in [2.05, 4.69) is 5.32 Å². The van der Waals surface area contributed by atoms with E-state index in [9.17, 15) is 14.4 Å². The number of hydrogen-bond acceptors (Lipinski definition) is 4. The number of nitrogens with one attached hydrogen (secondary N) is 1. The van der Waals surface area contributed by atoms with Crippen LogP contribution in [0.15, 0.2) is 0 Å². The van der Waals surface area contributed by atoms with Crippen molar-refractivity contribution in [2.24, 2.45) is 0 Å². The van der Waals surface area contributed by atoms with E-state index in [-0.39, 0.29) is 24.1 Å². The van der Waals surface area contributed by atoms with E-state index >= 15 is 0 Å². The fourth-order valence-corrected chi connectivity index (χ4v) is 1.37. The summed E-state index contributed by atoms with van der Waals surface area (Å²) in [5, 5.41) is 10.9. The molecular weight excluding hydrogens is 232 g/mol. The predicted octanol–water partition coefficient (Wildman–Crippen LogP) is -0.601. The van der Waals surface area contributed by atoms with Crippen LogP contribution in [0.2, 0.25) is 0 Å². The van der Waals surface area contributed by atoms with Crippen molar-refractivity contribution in [2.45, 2.75) is 6.92 Å². The number of carboxylic acids is 1. The van der Waals surface area contributed by atoms with Gasteiger partial charge in [0.25, 0.3) is 0 Å². The molecule has 0 saturated carbocycles. The third kappa shape index (κ3) is 8.10. The Balaban J connectivity index is 3.51. The van der Waals surface area contributed by atoms with Crippen molar-refractivity contribution in [2.75, 3.05) is 31.6 Å². The lowest BCUT2D eigenvalue weighted by Crippen LogP contribution is -2.38. The first-order valence-corrected chi connectivity index (χ1v) is 5.87. The largest absolute Gasteiger partial charge is 0.481 e. The van der Waals surface area contributed by atoms with E-state index in [1.54, 1.807) is 7.05 Å². The lowest BCUT2D eigenvalue weighted by Gasteiger charge is -2.13. The van der Waals surface area contributed by atoms with Crippen LogP contribution in [-0.4, -0.2) is 59.4 Å². The number of amides is 2. The Labute approximate surface area is 98.4 Å². The highest BCUT2D eigenvalue weighted by molar-refractivity contribution is 7.99. The summed E-state index contributed by atoms with van der Waals surface area (Å²) in [6.07, 6.45) is 0. The Morgan fingerprint density at radius 3 is 2.50 bits per heavy atom. The molecule has 0 fully saturated rings. The first-order valence-electron chi connectivity index (χ1n) is 4.71. The quantitative estimate of drug-likeness (QED) is 0.587. The Morgan fingerprint density at radius 2 is 2.00 bits per heavy atom. The summed E-state index contributed by atoms with van der Waals surface area (Å²) in [5.74, 6) is -0.706. The Bertz CT molecular complexity index is 270. The van der Waals surface area contributed by atoms with Crippen molar-refractivity contribution in [1.82, 2.24) is 10.2 Å². The molecule has 2 N–H and O–H groups in total. The monoisotopic (exact) mass is 248 g/mol. The Morgan fingerprint density at radius 1 is 1.38 bits per heavy atom. The molecule has 16 heavy (non-hydrogen) atoms. The smallest absolute Gasteiger partial charge is 0.313 e. The number of nitrogens with zero attached hydrogens (tertiary/aromatic N) is 1. The van der Waals surface area contributed by atoms with Gasteiger partial charge in [-0.2, -0.15) is 0 Å². The lowest BCUT2D eigenvalue weighted by molar-refractivity contribution is -0.134. The minimum atomic E-state index is -0.868. The fraction of sp³-hybridized carbons (Fsp3) is 0.667. The van der Waals surface area contributed by atoms with Crippen LogP contribution in [0.5, 0.6) is 0 Å². The highest BCUT2D eigenvalue weighted by Crippen LogP contribution is 1.96. The first kappa shape index (κ1) is 14.8. The molecule has 0 saturated heterocycles. The van der Waals surface area contributed by atoms with E-state index in [1.807, 2.05) is 0 Å². The third-order valence-corrected chi connectivity index (χ3v) is 2.66. The summed E-state index contributed by atoms with van der Waals surface area (Å²) in [4.78, 5) is 33.5. The van der Waals surface area contributed by atoms with E-state index in [0.717, 1.165) is 0 Å². The molecule has 0 aliphatic rings. The molecule has 0 radical (unpaired) electrons. The minimum absolute atomic E-state index is 0.0267. The number of carbonyl (C=O) groups excluding carboxylic acids is 2. The van der Waals surface area contributed by atoms with Gasteiger partial charge in [0.1, 0.15) is 0 Å². The standard InChI is InChI=1S/C9H16N2O4S/c1-7(12)11(2)5-8(13)10-3-4-16-6-9(14)15/h3-6H2,1-2H3,(H,10,13)(H,14,15). The highest BCUT2D eigenvalue weighted by Gasteiger charge is 2.07. The van der Waals surface area contributed by atoms with Gasteiger partial charge in [0, 0.05) is 26.3 Å². The van der Waals surface area contributed by atoms with Crippen LogP contribution in [0.25, 0.3) is 0 Å². The van der Waals surface area contributed by atoms with Gasteiger partial charge in [0.2, 0.25) is 11.8 Å². The van der Waals surface area contributed by atoms with Gasteiger partial charge in [-0.25, -0.2) is 0 Å². The highest BCUT2D eigenvalue weighted by atomic mass is 32.2. The summed E-state index contributed by atoms with van der Waals surface area (Å²) in [6.45, 7) is 1.82. The maximum absolute atomic E-state index is 11.2. The number of carbonyl (C=O) groups is 3. The molecule has 0 heterocycles. The van der Waals surface area contributed by atoms with Gasteiger partial charge < -0.3 is 15.3 Å². The van der Waals surface area contributed by atoms with E-state index in [1.165, 1.54) is 23.6 Å². The van der Waals surface area contributed by atoms with Gasteiger partial charge in [-0.15, -0.1) is 11.8 Å². The topological polar surface area (TPSA) is 86.7 Å². The molecule has 0 aromatic carbocycles. The lowest BCUT2D eigenvalue weighted by atomic mass is 10.5. The van der Waals surface area contributed by atoms with Crippen molar-refractivity contribution in [3.63, 3.8) is 0 Å². The maximum Gasteiger partial charge on any atom is 0.313 e. The molecule has 0 aliphatic carbocycles. The van der Waals surface area contributed by atoms with Gasteiger partial charge in [0.05, 0.1) is 12.3 Å². The number of hydrogen-bond donors (Lipinski definition) is 2. The van der Waals surface area contributed by atoms with Gasteiger partial charge in [-0.05, 0) is 0 Å². The van der Waals surface area contributed by atoms with Gasteiger partial charge in [0.15, 0.2) is 0 Å². The first-order chi connectivity index (χ1) is 7.43. The van der Waals surface area contributed by atoms with Crippen molar-refractivity contribution < 1.29 is 19.5 Å². The number of carboxylic acid groups (broad SMARTS) is 1. The summed E-state index contributed by atoms with van der Waals surface area (Å²) in [7, 11) is 1.54. The molecule has 0 atom stereocenters. The molecule has 0 bridgehead atoms. The molecule has 92 valence electrons. The second-order valence-electron chi connectivity index (χ2n) is 3.17. The fourth-order valence-electron chi connectivity index (χ4n) is 0.805. The molecule has 2 amide bonds. The SMILES string of the molecule is CC(=O)N(C)CC(=O)NCCSCC(=O)O. The molecular formula is C9H16N2O4S. The van der Waals surface area contributed by atoms with Gasteiger partial charge in [-0.3, -0.25) is 14.4 Å². The summed E-state index contributed by atoms with van der Waals surface area (Å²) in [5.41, 5.74) is 0. The maximum atomic E-state index is 11.2. The zero-order valence-corrected chi connectivity index (χ0v) is 10.2. The second-order valence-corrected chi connectivity index (χ2v) is 4.28. The number of aliphatic carboxylic acids is 1. The van der Waals surface area contributed by atoms with E-state index in [4.69, 9.17) is 5.11 Å². The zero-order valence-electron chi connectivity index (χ0n) is 9.36. The van der Waals surface area contributed by atoms with Crippen LogP contribution in [0.1, 0.15) is 6.92 Å². The van der Waals surface area contributed by atoms with Gasteiger partial charge >= 0.3 is 5.97 Å². The second kappa shape index (κ2) is 7.98. The molecule has 0 unspecified atom stereocenters. The summed E-state index contributed by atoms with van der Waals surface area (Å²) >= 11 is 1.23. The summed E-state index contributed by atoms with van der Waals surface area (Å²) < 4.78 is 0. The van der Waals surface area contributed by atoms with Crippen LogP contribution in [0.3, 0.4) is 0 Å². The normalized spacial score (nSPS) is 9.62. The van der Waals surface area contributed by atoms with Crippen LogP contribution in [0.4, 0.5) is 0 Å². The van der Waals surface area contributed by atoms with Crippen LogP contribution < -0.4 is 5.32 Å². The number of likely N-dealkylation sites (N-methyl/N-ethyl adjacent to an activating group) is 1. The molecule has 0 aromatic rings. The van der Waals surface area contributed by atoms with Crippen molar-refractivity contribution in [3.8, 4) is 0 Å². The average Bonchev–Trinajstić information content (AvgIpc) is 2.16. The van der Waals surface area contributed by atoms with Crippen molar-refractivity contribution in [1.29, 1.82) is 0 Å². The minimum Gasteiger partial charge on any atom is -0.481 e. The van der Waals surface area contributed by atoms with E-state index < -0.39 is 5.97 Å². The van der Waals surface area contributed by atoms with Crippen molar-refractivity contribution >= 4 is 29.5 Å². The van der Waals surface area contributed by atoms with E-state index in [0.29, 0.717) is 12.3 Å². The molecule has 0 spiro atoms. The van der Waals surface area contributed by atoms with Crippen molar-refractivity contribution in [3.05, 3.63) is 0 Å². The summed E-state index contributed by atoms with van der Waals surface area (Å²) in [6, 6.07) is 0. The van der Waals surface area contributed by atoms with Crippen LogP contribution in [0, 0.1) is 0 Å². The number of rotatable bonds is 7. The molecule has 0 aromatic heterocycles. The molecule has 7 heteroatoms. The molecule has 0 rings (SSSR count). The average molecular weight is 248 g/mol. The third-order valence-electron chi connectivity index (χ3n) is 1.71. The predicted molar refractivity (Wildman–Crippen MR) is 61.3 cm³/mol.